The molecule has 0 spiro atoms. The highest BCUT2D eigenvalue weighted by Crippen LogP contribution is 2.58. The van der Waals surface area contributed by atoms with Gasteiger partial charge in [0.05, 0.1) is 0 Å². The first-order chi connectivity index (χ1) is 9.11. The molecule has 4 aliphatic rings. The molecule has 4 bridgehead atoms. The summed E-state index contributed by atoms with van der Waals surface area (Å²) in [5, 5.41) is 9.10. The lowest BCUT2D eigenvalue weighted by Crippen LogP contribution is -2.46. The van der Waals surface area contributed by atoms with Crippen molar-refractivity contribution in [2.75, 3.05) is 0 Å². The van der Waals surface area contributed by atoms with Crippen molar-refractivity contribution >= 4 is 5.97 Å². The third-order valence-corrected chi connectivity index (χ3v) is 5.63. The first-order valence-electron chi connectivity index (χ1n) is 7.40. The summed E-state index contributed by atoms with van der Waals surface area (Å²) in [4.78, 5) is 15.3. The minimum Gasteiger partial charge on any atom is -0.476 e. The van der Waals surface area contributed by atoms with Gasteiger partial charge in [0.15, 0.2) is 5.69 Å². The third-order valence-electron chi connectivity index (χ3n) is 5.63. The van der Waals surface area contributed by atoms with Crippen molar-refractivity contribution in [1.82, 2.24) is 9.55 Å². The van der Waals surface area contributed by atoms with Gasteiger partial charge in [-0.25, -0.2) is 9.78 Å². The average molecular weight is 260 g/mol. The Morgan fingerprint density at radius 3 is 2.26 bits per heavy atom. The number of carbonyl (C=O) groups is 1. The molecule has 1 heterocycles. The molecule has 5 rings (SSSR count). The van der Waals surface area contributed by atoms with E-state index in [-0.39, 0.29) is 5.69 Å². The molecule has 0 radical (unpaired) electrons. The largest absolute Gasteiger partial charge is 0.476 e. The fourth-order valence-corrected chi connectivity index (χ4v) is 5.24. The number of aryl methyl sites for hydroxylation is 1. The van der Waals surface area contributed by atoms with Gasteiger partial charge < -0.3 is 9.67 Å². The number of imidazole rings is 1. The molecule has 1 N–H and O–H groups in total. The zero-order valence-corrected chi connectivity index (χ0v) is 11.2. The zero-order chi connectivity index (χ0) is 13.1. The Labute approximate surface area is 112 Å². The van der Waals surface area contributed by atoms with Crippen LogP contribution < -0.4 is 0 Å². The van der Waals surface area contributed by atoms with Crippen LogP contribution in [-0.2, 0) is 0 Å². The quantitative estimate of drug-likeness (QED) is 0.889. The summed E-state index contributed by atoms with van der Waals surface area (Å²) in [5.74, 6) is 3.36. The summed E-state index contributed by atoms with van der Waals surface area (Å²) >= 11 is 0. The van der Waals surface area contributed by atoms with Crippen LogP contribution in [0, 0.1) is 30.6 Å². The van der Waals surface area contributed by atoms with E-state index in [0.717, 1.165) is 29.5 Å². The predicted octanol–water partition coefficient (Wildman–Crippen LogP) is 2.89. The van der Waals surface area contributed by atoms with Gasteiger partial charge in [0.1, 0.15) is 5.82 Å². The maximum Gasteiger partial charge on any atom is 0.356 e. The van der Waals surface area contributed by atoms with Gasteiger partial charge in [-0.15, -0.1) is 0 Å². The van der Waals surface area contributed by atoms with Gasteiger partial charge in [0.2, 0.25) is 0 Å². The van der Waals surface area contributed by atoms with Gasteiger partial charge in [-0.3, -0.25) is 0 Å². The first kappa shape index (κ1) is 11.5. The highest BCUT2D eigenvalue weighted by molar-refractivity contribution is 5.85. The Morgan fingerprint density at radius 1 is 1.21 bits per heavy atom. The number of carboxylic acids is 1. The van der Waals surface area contributed by atoms with Crippen molar-refractivity contribution in [3.63, 3.8) is 0 Å². The number of aromatic carboxylic acids is 1. The van der Waals surface area contributed by atoms with E-state index in [2.05, 4.69) is 9.55 Å². The molecular formula is C15H20N2O2. The molecule has 0 amide bonds. The van der Waals surface area contributed by atoms with Crippen LogP contribution in [0.4, 0.5) is 0 Å². The standard InChI is InChI=1S/C15H20N2O2/c1-8-16-13(15(18)19)7-17(8)14-11-3-9-2-10(5-11)6-12(14)4-9/h7,9-12,14H,2-6H2,1H3,(H,18,19). The van der Waals surface area contributed by atoms with E-state index in [0.29, 0.717) is 6.04 Å². The molecule has 4 aliphatic carbocycles. The minimum absolute atomic E-state index is 0.200. The number of carboxylic acid groups (broad SMARTS) is 1. The molecular weight excluding hydrogens is 240 g/mol. The molecule has 0 atom stereocenters. The number of rotatable bonds is 2. The maximum atomic E-state index is 11.1. The van der Waals surface area contributed by atoms with E-state index in [1.807, 2.05) is 6.92 Å². The first-order valence-corrected chi connectivity index (χ1v) is 7.40. The van der Waals surface area contributed by atoms with E-state index in [1.54, 1.807) is 6.20 Å². The van der Waals surface area contributed by atoms with Crippen molar-refractivity contribution in [2.24, 2.45) is 23.7 Å². The maximum absolute atomic E-state index is 11.1. The molecule has 4 heteroatoms. The van der Waals surface area contributed by atoms with Crippen LogP contribution in [0.1, 0.15) is 54.5 Å². The highest BCUT2D eigenvalue weighted by atomic mass is 16.4. The number of aromatic nitrogens is 2. The third kappa shape index (κ3) is 1.65. The molecule has 1 aromatic rings. The summed E-state index contributed by atoms with van der Waals surface area (Å²) in [6.45, 7) is 1.94. The molecule has 102 valence electrons. The van der Waals surface area contributed by atoms with Gasteiger partial charge in [0.25, 0.3) is 0 Å². The van der Waals surface area contributed by atoms with Crippen LogP contribution in [0.3, 0.4) is 0 Å². The van der Waals surface area contributed by atoms with E-state index < -0.39 is 5.97 Å². The van der Waals surface area contributed by atoms with Crippen molar-refractivity contribution < 1.29 is 9.90 Å². The fourth-order valence-electron chi connectivity index (χ4n) is 5.24. The van der Waals surface area contributed by atoms with Gasteiger partial charge in [0, 0.05) is 12.2 Å². The average Bonchev–Trinajstić information content (AvgIpc) is 2.70. The monoisotopic (exact) mass is 260 g/mol. The van der Waals surface area contributed by atoms with Crippen LogP contribution in [0.15, 0.2) is 6.20 Å². The highest BCUT2D eigenvalue weighted by Gasteiger charge is 2.49. The van der Waals surface area contributed by atoms with Crippen LogP contribution in [0.25, 0.3) is 0 Å². The second kappa shape index (κ2) is 3.84. The molecule has 4 saturated carbocycles. The van der Waals surface area contributed by atoms with Gasteiger partial charge in [-0.1, -0.05) is 0 Å². The Hall–Kier alpha value is -1.32. The molecule has 0 aliphatic heterocycles. The second-order valence-corrected chi connectivity index (χ2v) is 6.81. The Kier molecular flexibility index (Phi) is 2.32. The van der Waals surface area contributed by atoms with Crippen LogP contribution in [0.2, 0.25) is 0 Å². The van der Waals surface area contributed by atoms with E-state index in [4.69, 9.17) is 5.11 Å². The van der Waals surface area contributed by atoms with E-state index in [1.165, 1.54) is 32.1 Å². The minimum atomic E-state index is -0.911. The van der Waals surface area contributed by atoms with Gasteiger partial charge in [-0.05, 0) is 62.7 Å². The summed E-state index contributed by atoms with van der Waals surface area (Å²) in [6, 6.07) is 0.508. The normalized spacial score (nSPS) is 39.7. The lowest BCUT2D eigenvalue weighted by atomic mass is 9.54. The lowest BCUT2D eigenvalue weighted by Gasteiger charge is -2.54. The van der Waals surface area contributed by atoms with Crippen molar-refractivity contribution in [2.45, 2.75) is 45.1 Å². The number of nitrogens with zero attached hydrogens (tertiary/aromatic N) is 2. The van der Waals surface area contributed by atoms with Crippen molar-refractivity contribution in [3.05, 3.63) is 17.7 Å². The lowest BCUT2D eigenvalue weighted by molar-refractivity contribution is -0.0298. The van der Waals surface area contributed by atoms with Crippen molar-refractivity contribution in [1.29, 1.82) is 0 Å². The van der Waals surface area contributed by atoms with Crippen molar-refractivity contribution in [3.8, 4) is 0 Å². The number of hydrogen-bond donors (Lipinski definition) is 1. The molecule has 19 heavy (non-hydrogen) atoms. The smallest absolute Gasteiger partial charge is 0.356 e. The summed E-state index contributed by atoms with van der Waals surface area (Å²) in [5.41, 5.74) is 0.200. The number of hydrogen-bond acceptors (Lipinski definition) is 2. The van der Waals surface area contributed by atoms with Gasteiger partial charge in [-0.2, -0.15) is 0 Å². The fraction of sp³-hybridized carbons (Fsp3) is 0.733. The van der Waals surface area contributed by atoms with Gasteiger partial charge >= 0.3 is 5.97 Å². The SMILES string of the molecule is Cc1nc(C(=O)O)cn1C1C2CC3CC(C2)CC1C3. The Morgan fingerprint density at radius 2 is 1.79 bits per heavy atom. The molecule has 0 saturated heterocycles. The Balaban J connectivity index is 1.71. The molecule has 4 nitrogen and oxygen atoms in total. The topological polar surface area (TPSA) is 55.1 Å². The van der Waals surface area contributed by atoms with Crippen LogP contribution >= 0.6 is 0 Å². The summed E-state index contributed by atoms with van der Waals surface area (Å²) in [6.07, 6.45) is 8.60. The molecule has 0 aromatic carbocycles. The zero-order valence-electron chi connectivity index (χ0n) is 11.2. The van der Waals surface area contributed by atoms with E-state index >= 15 is 0 Å². The predicted molar refractivity (Wildman–Crippen MR) is 70.0 cm³/mol. The van der Waals surface area contributed by atoms with Crippen LogP contribution in [0.5, 0.6) is 0 Å². The Bertz CT molecular complexity index is 506. The second-order valence-electron chi connectivity index (χ2n) is 6.81. The molecule has 0 unspecified atom stereocenters. The molecule has 4 fully saturated rings. The molecule has 1 aromatic heterocycles. The summed E-state index contributed by atoms with van der Waals surface area (Å²) in [7, 11) is 0. The van der Waals surface area contributed by atoms with Crippen LogP contribution in [-0.4, -0.2) is 20.6 Å². The van der Waals surface area contributed by atoms with E-state index in [9.17, 15) is 4.79 Å². The summed E-state index contributed by atoms with van der Waals surface area (Å²) < 4.78 is 2.18.